The van der Waals surface area contributed by atoms with Gasteiger partial charge in [0.05, 0.1) is 0 Å². The molecule has 0 amide bonds. The van der Waals surface area contributed by atoms with Gasteiger partial charge in [-0.25, -0.2) is 0 Å². The summed E-state index contributed by atoms with van der Waals surface area (Å²) in [6.07, 6.45) is -3.23. The fraction of sp³-hybridized carbons (Fsp3) is 0.429. The number of benzene rings is 1. The maximum absolute atomic E-state index is 13.2. The van der Waals surface area contributed by atoms with Gasteiger partial charge in [-0.2, -0.15) is 13.2 Å². The number of anilines is 1. The standard InChI is InChI=1S/C14H15ClF3NO/c1-2-3-4-5-8-13(20,14(16,17)18)11-9-10(15)6-7-12(11)19/h6-7,9,20H,2-4,19H2,1H3/t13-/m0/s1. The number of unbranched alkanes of at least 4 members (excludes halogenated alkanes) is 2. The second kappa shape index (κ2) is 6.38. The van der Waals surface area contributed by atoms with Crippen molar-refractivity contribution in [2.24, 2.45) is 0 Å². The molecule has 1 aromatic carbocycles. The Hall–Kier alpha value is -1.38. The molecule has 0 aliphatic heterocycles. The molecular weight excluding hydrogens is 291 g/mol. The van der Waals surface area contributed by atoms with E-state index in [1.165, 1.54) is 12.1 Å². The lowest BCUT2D eigenvalue weighted by atomic mass is 9.92. The Kier molecular flexibility index (Phi) is 5.32. The van der Waals surface area contributed by atoms with E-state index in [4.69, 9.17) is 17.3 Å². The van der Waals surface area contributed by atoms with Gasteiger partial charge in [0.15, 0.2) is 0 Å². The highest BCUT2D eigenvalue weighted by Crippen LogP contribution is 2.41. The van der Waals surface area contributed by atoms with Crippen molar-refractivity contribution in [2.45, 2.75) is 38.0 Å². The van der Waals surface area contributed by atoms with Crippen LogP contribution in [0, 0.1) is 11.8 Å². The van der Waals surface area contributed by atoms with Crippen molar-refractivity contribution < 1.29 is 18.3 Å². The SMILES string of the molecule is CCCCC#C[C@](O)(c1cc(Cl)ccc1N)C(F)(F)F. The van der Waals surface area contributed by atoms with Crippen molar-refractivity contribution in [3.8, 4) is 11.8 Å². The van der Waals surface area contributed by atoms with Crippen LogP contribution in [0.25, 0.3) is 0 Å². The first-order valence-electron chi connectivity index (χ1n) is 6.07. The lowest BCUT2D eigenvalue weighted by Crippen LogP contribution is -2.41. The van der Waals surface area contributed by atoms with E-state index in [2.05, 4.69) is 5.92 Å². The maximum atomic E-state index is 13.2. The largest absolute Gasteiger partial charge is 0.433 e. The zero-order valence-electron chi connectivity index (χ0n) is 10.9. The molecule has 0 radical (unpaired) electrons. The Morgan fingerprint density at radius 2 is 2.00 bits per heavy atom. The minimum absolute atomic E-state index is 0.0484. The van der Waals surface area contributed by atoms with Gasteiger partial charge in [0.2, 0.25) is 5.60 Å². The van der Waals surface area contributed by atoms with Gasteiger partial charge < -0.3 is 10.8 Å². The molecule has 0 aromatic heterocycles. The average Bonchev–Trinajstić information content (AvgIpc) is 2.36. The molecule has 1 atom stereocenters. The van der Waals surface area contributed by atoms with Crippen LogP contribution in [0.2, 0.25) is 5.02 Å². The summed E-state index contributed by atoms with van der Waals surface area (Å²) in [4.78, 5) is 0. The highest BCUT2D eigenvalue weighted by Gasteiger charge is 2.55. The van der Waals surface area contributed by atoms with Gasteiger partial charge in [0.1, 0.15) is 0 Å². The van der Waals surface area contributed by atoms with Crippen molar-refractivity contribution in [3.63, 3.8) is 0 Å². The molecule has 6 heteroatoms. The van der Waals surface area contributed by atoms with Gasteiger partial charge in [-0.3, -0.25) is 0 Å². The molecule has 0 unspecified atom stereocenters. The topological polar surface area (TPSA) is 46.2 Å². The van der Waals surface area contributed by atoms with Gasteiger partial charge in [-0.05, 0) is 24.6 Å². The summed E-state index contributed by atoms with van der Waals surface area (Å²) in [6, 6.07) is 3.54. The van der Waals surface area contributed by atoms with Crippen LogP contribution in [0.3, 0.4) is 0 Å². The lowest BCUT2D eigenvalue weighted by molar-refractivity contribution is -0.240. The Labute approximate surface area is 120 Å². The van der Waals surface area contributed by atoms with Gasteiger partial charge in [0, 0.05) is 22.7 Å². The Morgan fingerprint density at radius 1 is 1.35 bits per heavy atom. The highest BCUT2D eigenvalue weighted by molar-refractivity contribution is 6.30. The fourth-order valence-corrected chi connectivity index (χ4v) is 1.76. The molecule has 0 aliphatic rings. The number of hydrogen-bond acceptors (Lipinski definition) is 2. The van der Waals surface area contributed by atoms with E-state index in [1.54, 1.807) is 0 Å². The minimum Gasteiger partial charge on any atom is -0.398 e. The van der Waals surface area contributed by atoms with Gasteiger partial charge in [-0.15, -0.1) is 0 Å². The predicted octanol–water partition coefficient (Wildman–Crippen LogP) is 3.87. The second-order valence-corrected chi connectivity index (χ2v) is 4.78. The summed E-state index contributed by atoms with van der Waals surface area (Å²) in [7, 11) is 0. The molecule has 20 heavy (non-hydrogen) atoms. The van der Waals surface area contributed by atoms with E-state index >= 15 is 0 Å². The predicted molar refractivity (Wildman–Crippen MR) is 73.1 cm³/mol. The van der Waals surface area contributed by atoms with Crippen LogP contribution in [-0.2, 0) is 5.60 Å². The summed E-state index contributed by atoms with van der Waals surface area (Å²) in [5.41, 5.74) is 1.46. The van der Waals surface area contributed by atoms with Crippen molar-refractivity contribution in [1.29, 1.82) is 0 Å². The number of nitrogens with two attached hydrogens (primary N) is 1. The Bertz CT molecular complexity index is 533. The first-order valence-corrected chi connectivity index (χ1v) is 6.44. The molecular formula is C14H15ClF3NO. The quantitative estimate of drug-likeness (QED) is 0.506. The van der Waals surface area contributed by atoms with Crippen LogP contribution >= 0.6 is 11.6 Å². The number of alkyl halides is 3. The van der Waals surface area contributed by atoms with Crippen molar-refractivity contribution in [3.05, 3.63) is 28.8 Å². The van der Waals surface area contributed by atoms with Gasteiger partial charge in [-0.1, -0.05) is 36.8 Å². The second-order valence-electron chi connectivity index (χ2n) is 4.35. The van der Waals surface area contributed by atoms with E-state index < -0.39 is 17.3 Å². The van der Waals surface area contributed by atoms with Gasteiger partial charge >= 0.3 is 6.18 Å². The monoisotopic (exact) mass is 305 g/mol. The molecule has 1 aromatic rings. The zero-order chi connectivity index (χ0) is 15.4. The van der Waals surface area contributed by atoms with Crippen molar-refractivity contribution in [1.82, 2.24) is 0 Å². The molecule has 0 fully saturated rings. The van der Waals surface area contributed by atoms with Crippen LogP contribution < -0.4 is 5.73 Å². The summed E-state index contributed by atoms with van der Waals surface area (Å²) < 4.78 is 39.5. The van der Waals surface area contributed by atoms with E-state index in [0.717, 1.165) is 12.5 Å². The lowest BCUT2D eigenvalue weighted by Gasteiger charge is -2.27. The Morgan fingerprint density at radius 3 is 2.55 bits per heavy atom. The molecule has 0 saturated carbocycles. The fourth-order valence-electron chi connectivity index (χ4n) is 1.59. The third-order valence-electron chi connectivity index (χ3n) is 2.74. The van der Waals surface area contributed by atoms with Crippen LogP contribution in [0.5, 0.6) is 0 Å². The number of hydrogen-bond donors (Lipinski definition) is 2. The number of aliphatic hydroxyl groups is 1. The van der Waals surface area contributed by atoms with E-state index in [1.807, 2.05) is 12.8 Å². The molecule has 0 saturated heterocycles. The van der Waals surface area contributed by atoms with Crippen LogP contribution in [0.15, 0.2) is 18.2 Å². The zero-order valence-corrected chi connectivity index (χ0v) is 11.6. The minimum atomic E-state index is -4.97. The van der Waals surface area contributed by atoms with Crippen LogP contribution in [0.1, 0.15) is 31.7 Å². The summed E-state index contributed by atoms with van der Waals surface area (Å²) in [5, 5.41) is 10.0. The maximum Gasteiger partial charge on any atom is 0.433 e. The smallest absolute Gasteiger partial charge is 0.398 e. The summed E-state index contributed by atoms with van der Waals surface area (Å²) >= 11 is 5.67. The number of halogens is 4. The third-order valence-corrected chi connectivity index (χ3v) is 2.98. The first-order chi connectivity index (χ1) is 9.22. The number of nitrogen functional groups attached to an aromatic ring is 1. The first kappa shape index (κ1) is 16.7. The number of rotatable bonds is 3. The molecule has 0 bridgehead atoms. The van der Waals surface area contributed by atoms with E-state index in [9.17, 15) is 18.3 Å². The van der Waals surface area contributed by atoms with Crippen LogP contribution in [-0.4, -0.2) is 11.3 Å². The average molecular weight is 306 g/mol. The summed E-state index contributed by atoms with van der Waals surface area (Å²) in [5.74, 6) is 4.26. The van der Waals surface area contributed by atoms with Crippen LogP contribution in [0.4, 0.5) is 18.9 Å². The normalized spacial score (nSPS) is 14.3. The van der Waals surface area contributed by atoms with E-state index in [-0.39, 0.29) is 17.1 Å². The van der Waals surface area contributed by atoms with Crippen molar-refractivity contribution in [2.75, 3.05) is 5.73 Å². The molecule has 0 spiro atoms. The molecule has 1 rings (SSSR count). The molecule has 2 nitrogen and oxygen atoms in total. The van der Waals surface area contributed by atoms with Crippen molar-refractivity contribution >= 4 is 17.3 Å². The van der Waals surface area contributed by atoms with E-state index in [0.29, 0.717) is 6.42 Å². The summed E-state index contributed by atoms with van der Waals surface area (Å²) in [6.45, 7) is 1.90. The molecule has 0 heterocycles. The third kappa shape index (κ3) is 3.59. The highest BCUT2D eigenvalue weighted by atomic mass is 35.5. The molecule has 0 aliphatic carbocycles. The molecule has 110 valence electrons. The molecule has 3 N–H and O–H groups in total. The van der Waals surface area contributed by atoms with Gasteiger partial charge in [0.25, 0.3) is 0 Å². The Balaban J connectivity index is 3.30.